The predicted molar refractivity (Wildman–Crippen MR) is 23.2 cm³/mol. The quantitative estimate of drug-likeness (QED) is 0.381. The largest absolute Gasteiger partial charge is 0.475 e. The number of hydrogen-bond donors (Lipinski definition) is 1. The standard InChI is InChI=1S/CH3O3S2/c2-5-1-6(3)4/h6H,1H2/q+1. The molecule has 36 valence electrons. The molecule has 0 aliphatic rings. The van der Waals surface area contributed by atoms with Crippen molar-refractivity contribution < 1.29 is 12.6 Å². The molecule has 0 heterocycles. The molecular formula is CH3O3S2+. The molecule has 0 bridgehead atoms. The van der Waals surface area contributed by atoms with Crippen LogP contribution in [0.4, 0.5) is 0 Å². The van der Waals surface area contributed by atoms with Gasteiger partial charge in [-0.2, -0.15) is 0 Å². The highest BCUT2D eigenvalue weighted by Gasteiger charge is 1.94. The molecule has 0 saturated heterocycles. The third-order valence-corrected chi connectivity index (χ3v) is 1.42. The van der Waals surface area contributed by atoms with Crippen LogP contribution in [0.25, 0.3) is 0 Å². The highest BCUT2D eigenvalue weighted by Crippen LogP contribution is 1.56. The van der Waals surface area contributed by atoms with Gasteiger partial charge in [-0.1, -0.05) is 0 Å². The molecule has 6 heavy (non-hydrogen) atoms. The summed E-state index contributed by atoms with van der Waals surface area (Å²) >= 11 is 0.0635. The third-order valence-electron chi connectivity index (χ3n) is 0.158. The maximum atomic E-state index is 9.42. The first-order valence-corrected chi connectivity index (χ1v) is 3.41. The maximum absolute atomic E-state index is 9.42. The van der Waals surface area contributed by atoms with Crippen LogP contribution in [0, 0.1) is 0 Å². The van der Waals surface area contributed by atoms with E-state index in [1.807, 2.05) is 0 Å². The SMILES string of the molecule is O=[S+]C[SH](=O)=O. The summed E-state index contributed by atoms with van der Waals surface area (Å²) in [5.74, 6) is 0. The van der Waals surface area contributed by atoms with E-state index >= 15 is 0 Å². The van der Waals surface area contributed by atoms with Crippen LogP contribution in [0.5, 0.6) is 0 Å². The van der Waals surface area contributed by atoms with Crippen molar-refractivity contribution in [1.29, 1.82) is 0 Å². The summed E-state index contributed by atoms with van der Waals surface area (Å²) in [7, 11) is -2.45. The molecule has 3 nitrogen and oxygen atoms in total. The normalized spacial score (nSPS) is 8.83. The summed E-state index contributed by atoms with van der Waals surface area (Å²) in [6, 6.07) is 0. The topological polar surface area (TPSA) is 51.2 Å². The van der Waals surface area contributed by atoms with Gasteiger partial charge < -0.3 is 0 Å². The Bertz CT molecular complexity index is 95.4. The lowest BCUT2D eigenvalue weighted by atomic mass is 11.9. The van der Waals surface area contributed by atoms with Crippen molar-refractivity contribution in [3.63, 3.8) is 0 Å². The van der Waals surface area contributed by atoms with Crippen LogP contribution in [-0.2, 0) is 26.6 Å². The lowest BCUT2D eigenvalue weighted by Crippen LogP contribution is -1.79. The molecule has 0 atom stereocenters. The minimum atomic E-state index is -2.45. The van der Waals surface area contributed by atoms with Crippen LogP contribution in [0.1, 0.15) is 0 Å². The molecule has 0 spiro atoms. The molecule has 0 unspecified atom stereocenters. The van der Waals surface area contributed by atoms with Crippen molar-refractivity contribution in [2.75, 3.05) is 5.08 Å². The summed E-state index contributed by atoms with van der Waals surface area (Å²) in [6.45, 7) is 0. The van der Waals surface area contributed by atoms with Gasteiger partial charge in [-0.05, 0) is 0 Å². The van der Waals surface area contributed by atoms with E-state index in [4.69, 9.17) is 0 Å². The molecule has 0 aromatic rings. The van der Waals surface area contributed by atoms with E-state index < -0.39 is 10.7 Å². The monoisotopic (exact) mass is 127 g/mol. The molecule has 0 aliphatic heterocycles. The van der Waals surface area contributed by atoms with Crippen LogP contribution in [0.2, 0.25) is 0 Å². The lowest BCUT2D eigenvalue weighted by Gasteiger charge is -1.46. The van der Waals surface area contributed by atoms with Crippen LogP contribution >= 0.6 is 0 Å². The molecule has 0 saturated carbocycles. The van der Waals surface area contributed by atoms with Crippen molar-refractivity contribution in [2.45, 2.75) is 0 Å². The van der Waals surface area contributed by atoms with Crippen molar-refractivity contribution in [3.05, 3.63) is 0 Å². The molecule has 0 N–H and O–H groups in total. The molecule has 0 rings (SSSR count). The van der Waals surface area contributed by atoms with Gasteiger partial charge in [-0.15, -0.1) is 0 Å². The highest BCUT2D eigenvalue weighted by atomic mass is 32.2. The summed E-state index contributed by atoms with van der Waals surface area (Å²) < 4.78 is 28.1. The van der Waals surface area contributed by atoms with Gasteiger partial charge in [-0.25, -0.2) is 8.42 Å². The zero-order chi connectivity index (χ0) is 4.99. The van der Waals surface area contributed by atoms with Crippen LogP contribution in [-0.4, -0.2) is 13.5 Å². The molecular weight excluding hydrogens is 124 g/mol. The zero-order valence-corrected chi connectivity index (χ0v) is 4.50. The Morgan fingerprint density at radius 1 is 1.50 bits per heavy atom. The highest BCUT2D eigenvalue weighted by molar-refractivity contribution is 7.87. The van der Waals surface area contributed by atoms with Gasteiger partial charge in [0.1, 0.15) is 0 Å². The van der Waals surface area contributed by atoms with Crippen molar-refractivity contribution in [3.8, 4) is 0 Å². The van der Waals surface area contributed by atoms with Crippen molar-refractivity contribution in [2.24, 2.45) is 0 Å². The van der Waals surface area contributed by atoms with Crippen LogP contribution in [0.15, 0.2) is 0 Å². The first-order chi connectivity index (χ1) is 2.77. The maximum Gasteiger partial charge on any atom is 0.475 e. The second-order valence-corrected chi connectivity index (χ2v) is 2.51. The van der Waals surface area contributed by atoms with Gasteiger partial charge in [-0.3, -0.25) is 0 Å². The molecule has 0 amide bonds. The number of hydrogen-bond acceptors (Lipinski definition) is 3. The molecule has 0 aromatic carbocycles. The summed E-state index contributed by atoms with van der Waals surface area (Å²) in [6.07, 6.45) is 0. The lowest BCUT2D eigenvalue weighted by molar-refractivity contribution is 0.604. The third kappa shape index (κ3) is 3.97. The minimum Gasteiger partial charge on any atom is -0.226 e. The molecule has 5 heteroatoms. The van der Waals surface area contributed by atoms with Gasteiger partial charge in [0.2, 0.25) is 0 Å². The predicted octanol–water partition coefficient (Wildman–Crippen LogP) is -1.02. The van der Waals surface area contributed by atoms with Gasteiger partial charge >= 0.3 is 16.8 Å². The Hall–Kier alpha value is -0.0300. The van der Waals surface area contributed by atoms with E-state index in [1.165, 1.54) is 0 Å². The second-order valence-electron chi connectivity index (χ2n) is 0.580. The van der Waals surface area contributed by atoms with E-state index in [1.54, 1.807) is 0 Å². The first-order valence-electron chi connectivity index (χ1n) is 1.14. The van der Waals surface area contributed by atoms with Crippen LogP contribution < -0.4 is 0 Å². The summed E-state index contributed by atoms with van der Waals surface area (Å²) in [4.78, 5) is 0. The van der Waals surface area contributed by atoms with Crippen molar-refractivity contribution in [1.82, 2.24) is 0 Å². The fourth-order valence-electron chi connectivity index (χ4n) is 0.0430. The van der Waals surface area contributed by atoms with Gasteiger partial charge in [0, 0.05) is 4.21 Å². The molecule has 0 aliphatic carbocycles. The van der Waals surface area contributed by atoms with Gasteiger partial charge in [0.05, 0.1) is 0 Å². The number of thiol groups is 1. The molecule has 0 fully saturated rings. The Balaban J connectivity index is 3.32. The fourth-order valence-corrected chi connectivity index (χ4v) is 0.387. The summed E-state index contributed by atoms with van der Waals surface area (Å²) in [5, 5.41) is -0.310. The Labute approximate surface area is 40.8 Å². The van der Waals surface area contributed by atoms with E-state index in [9.17, 15) is 12.6 Å². The molecule has 0 aromatic heterocycles. The Kier molecular flexibility index (Phi) is 3.16. The smallest absolute Gasteiger partial charge is 0.226 e. The zero-order valence-electron chi connectivity index (χ0n) is 2.79. The van der Waals surface area contributed by atoms with E-state index in [0.717, 1.165) is 0 Å². The Morgan fingerprint density at radius 2 is 2.00 bits per heavy atom. The van der Waals surface area contributed by atoms with E-state index in [2.05, 4.69) is 0 Å². The van der Waals surface area contributed by atoms with E-state index in [0.29, 0.717) is 0 Å². The van der Waals surface area contributed by atoms with Gasteiger partial charge in [0.15, 0.2) is 10.7 Å². The second kappa shape index (κ2) is 3.17. The van der Waals surface area contributed by atoms with Crippen molar-refractivity contribution >= 4 is 22.4 Å². The van der Waals surface area contributed by atoms with E-state index in [-0.39, 0.29) is 16.8 Å². The van der Waals surface area contributed by atoms with Gasteiger partial charge in [0.25, 0.3) is 0 Å². The average molecular weight is 127 g/mol. The Morgan fingerprint density at radius 3 is 2.00 bits per heavy atom. The fraction of sp³-hybridized carbons (Fsp3) is 1.00. The average Bonchev–Trinajstić information content (AvgIpc) is 1.35. The van der Waals surface area contributed by atoms with Crippen LogP contribution in [0.3, 0.4) is 0 Å². The minimum absolute atomic E-state index is 0.0635. The summed E-state index contributed by atoms with van der Waals surface area (Å²) in [5.41, 5.74) is 0. The first kappa shape index (κ1) is 5.97. The number of rotatable bonds is 2. The molecule has 0 radical (unpaired) electrons.